The van der Waals surface area contributed by atoms with Gasteiger partial charge in [0.05, 0.1) is 12.3 Å². The number of aromatic nitrogens is 1. The SMILES string of the molecule is CC1CCC(O)C(Cc2cnoc2)C1. The molecule has 1 heterocycles. The van der Waals surface area contributed by atoms with Gasteiger partial charge in [0.25, 0.3) is 0 Å². The number of rotatable bonds is 2. The molecule has 1 aliphatic rings. The first-order valence-electron chi connectivity index (χ1n) is 5.32. The van der Waals surface area contributed by atoms with E-state index in [1.54, 1.807) is 12.5 Å². The van der Waals surface area contributed by atoms with Crippen LogP contribution in [0.1, 0.15) is 31.7 Å². The fraction of sp³-hybridized carbons (Fsp3) is 0.727. The van der Waals surface area contributed by atoms with Gasteiger partial charge in [0.2, 0.25) is 0 Å². The van der Waals surface area contributed by atoms with Gasteiger partial charge in [-0.1, -0.05) is 12.1 Å². The van der Waals surface area contributed by atoms with Crippen LogP contribution >= 0.6 is 0 Å². The number of hydrogen-bond acceptors (Lipinski definition) is 3. The maximum atomic E-state index is 9.83. The Hall–Kier alpha value is -0.830. The third-order valence-corrected chi connectivity index (χ3v) is 3.19. The van der Waals surface area contributed by atoms with E-state index in [1.807, 2.05) is 0 Å². The first-order chi connectivity index (χ1) is 6.75. The molecule has 3 nitrogen and oxygen atoms in total. The average Bonchev–Trinajstić information content (AvgIpc) is 2.64. The summed E-state index contributed by atoms with van der Waals surface area (Å²) in [6.07, 6.45) is 7.39. The zero-order valence-electron chi connectivity index (χ0n) is 8.52. The van der Waals surface area contributed by atoms with Gasteiger partial charge in [0.15, 0.2) is 0 Å². The summed E-state index contributed by atoms with van der Waals surface area (Å²) < 4.78 is 4.79. The third kappa shape index (κ3) is 2.15. The van der Waals surface area contributed by atoms with Crippen LogP contribution < -0.4 is 0 Å². The molecule has 1 saturated carbocycles. The highest BCUT2D eigenvalue weighted by molar-refractivity contribution is 5.03. The Morgan fingerprint density at radius 3 is 3.14 bits per heavy atom. The lowest BCUT2D eigenvalue weighted by Gasteiger charge is -2.31. The van der Waals surface area contributed by atoms with Gasteiger partial charge < -0.3 is 9.63 Å². The van der Waals surface area contributed by atoms with Gasteiger partial charge in [-0.3, -0.25) is 0 Å². The Morgan fingerprint density at radius 1 is 1.57 bits per heavy atom. The van der Waals surface area contributed by atoms with Crippen molar-refractivity contribution in [1.82, 2.24) is 5.16 Å². The van der Waals surface area contributed by atoms with Crippen molar-refractivity contribution >= 4 is 0 Å². The summed E-state index contributed by atoms with van der Waals surface area (Å²) >= 11 is 0. The van der Waals surface area contributed by atoms with Gasteiger partial charge in [-0.05, 0) is 37.5 Å². The first-order valence-corrected chi connectivity index (χ1v) is 5.32. The van der Waals surface area contributed by atoms with Crippen LogP contribution in [-0.2, 0) is 6.42 Å². The molecule has 1 N–H and O–H groups in total. The molecule has 78 valence electrons. The van der Waals surface area contributed by atoms with Crippen LogP contribution in [0.3, 0.4) is 0 Å². The number of aliphatic hydroxyl groups excluding tert-OH is 1. The van der Waals surface area contributed by atoms with Crippen molar-refractivity contribution in [1.29, 1.82) is 0 Å². The Labute approximate surface area is 84.1 Å². The maximum Gasteiger partial charge on any atom is 0.126 e. The van der Waals surface area contributed by atoms with Crippen molar-refractivity contribution in [2.75, 3.05) is 0 Å². The van der Waals surface area contributed by atoms with Gasteiger partial charge in [-0.25, -0.2) is 0 Å². The largest absolute Gasteiger partial charge is 0.393 e. The Kier molecular flexibility index (Phi) is 2.87. The summed E-state index contributed by atoms with van der Waals surface area (Å²) in [5.41, 5.74) is 1.10. The summed E-state index contributed by atoms with van der Waals surface area (Å²) in [4.78, 5) is 0. The lowest BCUT2D eigenvalue weighted by atomic mass is 9.78. The summed E-state index contributed by atoms with van der Waals surface area (Å²) in [6.45, 7) is 2.26. The predicted molar refractivity (Wildman–Crippen MR) is 52.7 cm³/mol. The van der Waals surface area contributed by atoms with Crippen molar-refractivity contribution in [3.05, 3.63) is 18.0 Å². The molecule has 0 spiro atoms. The van der Waals surface area contributed by atoms with Crippen LogP contribution in [-0.4, -0.2) is 16.4 Å². The van der Waals surface area contributed by atoms with E-state index in [9.17, 15) is 5.11 Å². The van der Waals surface area contributed by atoms with Gasteiger partial charge >= 0.3 is 0 Å². The van der Waals surface area contributed by atoms with Gasteiger partial charge in [0.1, 0.15) is 6.26 Å². The van der Waals surface area contributed by atoms with Crippen molar-refractivity contribution in [3.63, 3.8) is 0 Å². The maximum absolute atomic E-state index is 9.83. The molecule has 0 radical (unpaired) electrons. The fourth-order valence-electron chi connectivity index (χ4n) is 2.33. The number of aliphatic hydroxyl groups is 1. The highest BCUT2D eigenvalue weighted by Crippen LogP contribution is 2.31. The number of nitrogens with zero attached hydrogens (tertiary/aromatic N) is 1. The standard InChI is InChI=1S/C11H17NO2/c1-8-2-3-11(13)10(4-8)5-9-6-12-14-7-9/h6-8,10-11,13H,2-5H2,1H3. The Morgan fingerprint density at radius 2 is 2.43 bits per heavy atom. The van der Waals surface area contributed by atoms with E-state index >= 15 is 0 Å². The monoisotopic (exact) mass is 195 g/mol. The Bertz CT molecular complexity index is 271. The molecule has 1 fully saturated rings. The molecule has 0 aliphatic heterocycles. The first kappa shape index (κ1) is 9.71. The third-order valence-electron chi connectivity index (χ3n) is 3.19. The minimum atomic E-state index is -0.138. The second-order valence-electron chi connectivity index (χ2n) is 4.48. The molecule has 1 aromatic heterocycles. The summed E-state index contributed by atoms with van der Waals surface area (Å²) in [5, 5.41) is 13.5. The summed E-state index contributed by atoms with van der Waals surface area (Å²) in [6, 6.07) is 0. The molecular formula is C11H17NO2. The highest BCUT2D eigenvalue weighted by atomic mass is 16.5. The van der Waals surface area contributed by atoms with E-state index in [2.05, 4.69) is 12.1 Å². The van der Waals surface area contributed by atoms with Crippen LogP contribution in [0.4, 0.5) is 0 Å². The van der Waals surface area contributed by atoms with Crippen molar-refractivity contribution in [2.45, 2.75) is 38.7 Å². The van der Waals surface area contributed by atoms with Crippen molar-refractivity contribution < 1.29 is 9.63 Å². The van der Waals surface area contributed by atoms with Crippen LogP contribution in [0, 0.1) is 11.8 Å². The van der Waals surface area contributed by atoms with Crippen LogP contribution in [0.5, 0.6) is 0 Å². The predicted octanol–water partition coefficient (Wildman–Crippen LogP) is 2.01. The minimum Gasteiger partial charge on any atom is -0.393 e. The van der Waals surface area contributed by atoms with Crippen LogP contribution in [0.15, 0.2) is 17.0 Å². The van der Waals surface area contributed by atoms with Crippen molar-refractivity contribution in [3.8, 4) is 0 Å². The quantitative estimate of drug-likeness (QED) is 0.785. The summed E-state index contributed by atoms with van der Waals surface area (Å²) in [7, 11) is 0. The van der Waals surface area contributed by atoms with Gasteiger partial charge in [-0.15, -0.1) is 0 Å². The van der Waals surface area contributed by atoms with Crippen LogP contribution in [0.25, 0.3) is 0 Å². The van der Waals surface area contributed by atoms with E-state index < -0.39 is 0 Å². The lowest BCUT2D eigenvalue weighted by Crippen LogP contribution is -2.29. The minimum absolute atomic E-state index is 0.138. The molecule has 3 heteroatoms. The zero-order chi connectivity index (χ0) is 9.97. The molecule has 0 bridgehead atoms. The normalized spacial score (nSPS) is 33.1. The molecular weight excluding hydrogens is 178 g/mol. The molecule has 0 amide bonds. The molecule has 3 unspecified atom stereocenters. The highest BCUT2D eigenvalue weighted by Gasteiger charge is 2.27. The molecule has 2 rings (SSSR count). The zero-order valence-corrected chi connectivity index (χ0v) is 8.52. The molecule has 0 aromatic carbocycles. The Balaban J connectivity index is 1.95. The molecule has 1 aliphatic carbocycles. The smallest absolute Gasteiger partial charge is 0.126 e. The van der Waals surface area contributed by atoms with E-state index in [1.165, 1.54) is 0 Å². The lowest BCUT2D eigenvalue weighted by molar-refractivity contribution is 0.0519. The number of hydrogen-bond donors (Lipinski definition) is 1. The van der Waals surface area contributed by atoms with E-state index in [0.29, 0.717) is 5.92 Å². The second-order valence-corrected chi connectivity index (χ2v) is 4.48. The van der Waals surface area contributed by atoms with E-state index in [-0.39, 0.29) is 6.10 Å². The van der Waals surface area contributed by atoms with Crippen molar-refractivity contribution in [2.24, 2.45) is 11.8 Å². The molecule has 3 atom stereocenters. The molecule has 1 aromatic rings. The van der Waals surface area contributed by atoms with Crippen LogP contribution in [0.2, 0.25) is 0 Å². The summed E-state index contributed by atoms with van der Waals surface area (Å²) in [5.74, 6) is 1.13. The van der Waals surface area contributed by atoms with Gasteiger partial charge in [0, 0.05) is 5.56 Å². The fourth-order valence-corrected chi connectivity index (χ4v) is 2.33. The van der Waals surface area contributed by atoms with E-state index in [0.717, 1.165) is 37.2 Å². The van der Waals surface area contributed by atoms with Gasteiger partial charge in [-0.2, -0.15) is 0 Å². The second kappa shape index (κ2) is 4.13. The van der Waals surface area contributed by atoms with E-state index in [4.69, 9.17) is 4.52 Å². The molecule has 0 saturated heterocycles. The molecule has 14 heavy (non-hydrogen) atoms. The topological polar surface area (TPSA) is 46.3 Å². The average molecular weight is 195 g/mol.